The highest BCUT2D eigenvalue weighted by molar-refractivity contribution is 7.09. The molecule has 0 unspecified atom stereocenters. The molecule has 0 N–H and O–H groups in total. The van der Waals surface area contributed by atoms with Gasteiger partial charge in [-0.25, -0.2) is 4.98 Å². The fraction of sp³-hybridized carbons (Fsp3) is 0.769. The van der Waals surface area contributed by atoms with E-state index in [-0.39, 0.29) is 0 Å². The summed E-state index contributed by atoms with van der Waals surface area (Å²) >= 11 is 1.75. The highest BCUT2D eigenvalue weighted by atomic mass is 32.1. The zero-order valence-electron chi connectivity index (χ0n) is 11.4. The summed E-state index contributed by atoms with van der Waals surface area (Å²) in [4.78, 5) is 9.61. The highest BCUT2D eigenvalue weighted by Gasteiger charge is 2.25. The van der Waals surface area contributed by atoms with Crippen molar-refractivity contribution in [2.75, 3.05) is 26.2 Å². The lowest BCUT2D eigenvalue weighted by Crippen LogP contribution is -2.53. The fourth-order valence-corrected chi connectivity index (χ4v) is 2.89. The molecule has 0 spiro atoms. The van der Waals surface area contributed by atoms with E-state index in [1.165, 1.54) is 23.8 Å². The quantitative estimate of drug-likeness (QED) is 0.806. The van der Waals surface area contributed by atoms with Crippen LogP contribution in [0.25, 0.3) is 0 Å². The summed E-state index contributed by atoms with van der Waals surface area (Å²) < 4.78 is 0. The van der Waals surface area contributed by atoms with Gasteiger partial charge in [-0.15, -0.1) is 11.3 Å². The largest absolute Gasteiger partial charge is 0.296 e. The minimum atomic E-state index is 0.309. The van der Waals surface area contributed by atoms with Crippen LogP contribution in [-0.2, 0) is 6.54 Å². The Bertz CT molecular complexity index is 359. The van der Waals surface area contributed by atoms with Crippen LogP contribution in [0.5, 0.6) is 0 Å². The maximum Gasteiger partial charge on any atom is 0.0897 e. The van der Waals surface area contributed by atoms with Crippen molar-refractivity contribution in [1.29, 1.82) is 0 Å². The van der Waals surface area contributed by atoms with Crippen LogP contribution in [0.3, 0.4) is 0 Å². The Morgan fingerprint density at radius 3 is 2.35 bits per heavy atom. The Balaban J connectivity index is 1.83. The number of aryl methyl sites for hydroxylation is 1. The van der Waals surface area contributed by atoms with Gasteiger partial charge in [0.25, 0.3) is 0 Å². The van der Waals surface area contributed by atoms with E-state index in [0.29, 0.717) is 5.54 Å². The Hall–Kier alpha value is -0.450. The molecule has 1 saturated heterocycles. The lowest BCUT2D eigenvalue weighted by atomic mass is 10.1. The van der Waals surface area contributed by atoms with Crippen molar-refractivity contribution in [1.82, 2.24) is 14.8 Å². The average molecular weight is 253 g/mol. The molecule has 96 valence electrons. The number of nitrogens with zero attached hydrogens (tertiary/aromatic N) is 3. The molecule has 0 amide bonds. The topological polar surface area (TPSA) is 19.4 Å². The van der Waals surface area contributed by atoms with Crippen LogP contribution in [0, 0.1) is 6.92 Å². The summed E-state index contributed by atoms with van der Waals surface area (Å²) in [5.41, 5.74) is 1.54. The Morgan fingerprint density at radius 1 is 1.24 bits per heavy atom. The summed E-state index contributed by atoms with van der Waals surface area (Å²) in [5.74, 6) is 0. The minimum Gasteiger partial charge on any atom is -0.296 e. The van der Waals surface area contributed by atoms with Crippen molar-refractivity contribution in [2.45, 2.75) is 39.8 Å². The second kappa shape index (κ2) is 5.04. The molecule has 1 fully saturated rings. The van der Waals surface area contributed by atoms with Crippen molar-refractivity contribution in [3.63, 3.8) is 0 Å². The van der Waals surface area contributed by atoms with Gasteiger partial charge in [0.1, 0.15) is 0 Å². The Kier molecular flexibility index (Phi) is 3.85. The third-order valence-electron chi connectivity index (χ3n) is 3.37. The molecule has 0 radical (unpaired) electrons. The van der Waals surface area contributed by atoms with E-state index in [1.54, 1.807) is 11.3 Å². The smallest absolute Gasteiger partial charge is 0.0897 e. The molecular weight excluding hydrogens is 230 g/mol. The first-order valence-electron chi connectivity index (χ1n) is 6.33. The van der Waals surface area contributed by atoms with Gasteiger partial charge in [-0.3, -0.25) is 9.80 Å². The molecule has 0 aliphatic carbocycles. The van der Waals surface area contributed by atoms with Gasteiger partial charge < -0.3 is 0 Å². The number of rotatable bonds is 2. The van der Waals surface area contributed by atoms with E-state index in [9.17, 15) is 0 Å². The molecule has 17 heavy (non-hydrogen) atoms. The third-order valence-corrected chi connectivity index (χ3v) is 4.20. The van der Waals surface area contributed by atoms with Gasteiger partial charge in [0, 0.05) is 43.6 Å². The van der Waals surface area contributed by atoms with Crippen LogP contribution >= 0.6 is 11.3 Å². The van der Waals surface area contributed by atoms with Crippen molar-refractivity contribution >= 4 is 11.3 Å². The molecule has 3 nitrogen and oxygen atoms in total. The summed E-state index contributed by atoms with van der Waals surface area (Å²) in [7, 11) is 0. The van der Waals surface area contributed by atoms with Crippen LogP contribution in [0.1, 0.15) is 31.5 Å². The van der Waals surface area contributed by atoms with Crippen LogP contribution in [0.4, 0.5) is 0 Å². The van der Waals surface area contributed by atoms with E-state index in [4.69, 9.17) is 0 Å². The Labute approximate surface area is 108 Å². The molecule has 4 heteroatoms. The first kappa shape index (κ1) is 13.0. The second-order valence-electron chi connectivity index (χ2n) is 5.79. The zero-order chi connectivity index (χ0) is 12.5. The molecule has 1 aliphatic rings. The first-order valence-corrected chi connectivity index (χ1v) is 7.21. The molecule has 1 aliphatic heterocycles. The molecule has 0 bridgehead atoms. The molecular formula is C13H23N3S. The van der Waals surface area contributed by atoms with Crippen LogP contribution in [-0.4, -0.2) is 46.5 Å². The monoisotopic (exact) mass is 253 g/mol. The van der Waals surface area contributed by atoms with E-state index in [0.717, 1.165) is 19.6 Å². The van der Waals surface area contributed by atoms with Gasteiger partial charge in [-0.2, -0.15) is 0 Å². The van der Waals surface area contributed by atoms with E-state index in [2.05, 4.69) is 47.9 Å². The molecule has 1 aromatic rings. The van der Waals surface area contributed by atoms with Crippen molar-refractivity contribution in [3.8, 4) is 0 Å². The SMILES string of the molecule is Cc1nc(CN2CCN(C(C)(C)C)CC2)cs1. The highest BCUT2D eigenvalue weighted by Crippen LogP contribution is 2.17. The van der Waals surface area contributed by atoms with Crippen LogP contribution in [0.2, 0.25) is 0 Å². The number of hydrogen-bond acceptors (Lipinski definition) is 4. The van der Waals surface area contributed by atoms with Gasteiger partial charge in [0.2, 0.25) is 0 Å². The summed E-state index contributed by atoms with van der Waals surface area (Å²) in [5, 5.41) is 3.36. The lowest BCUT2D eigenvalue weighted by molar-refractivity contribution is 0.0586. The number of hydrogen-bond donors (Lipinski definition) is 0. The third kappa shape index (κ3) is 3.50. The maximum atomic E-state index is 4.54. The molecule has 1 aromatic heterocycles. The molecule has 0 atom stereocenters. The van der Waals surface area contributed by atoms with Crippen molar-refractivity contribution < 1.29 is 0 Å². The summed E-state index contributed by atoms with van der Waals surface area (Å²) in [6.07, 6.45) is 0. The summed E-state index contributed by atoms with van der Waals surface area (Å²) in [6, 6.07) is 0. The van der Waals surface area contributed by atoms with Gasteiger partial charge in [-0.05, 0) is 27.7 Å². The van der Waals surface area contributed by atoms with Crippen LogP contribution in [0.15, 0.2) is 5.38 Å². The number of piperazine rings is 1. The first-order chi connectivity index (χ1) is 7.95. The van der Waals surface area contributed by atoms with Crippen molar-refractivity contribution in [2.24, 2.45) is 0 Å². The minimum absolute atomic E-state index is 0.309. The fourth-order valence-electron chi connectivity index (χ4n) is 2.29. The lowest BCUT2D eigenvalue weighted by Gasteiger charge is -2.42. The summed E-state index contributed by atoms with van der Waals surface area (Å²) in [6.45, 7) is 14.7. The van der Waals surface area contributed by atoms with E-state index >= 15 is 0 Å². The standard InChI is InChI=1S/C13H23N3S/c1-11-14-12(10-17-11)9-15-5-7-16(8-6-15)13(2,3)4/h10H,5-9H2,1-4H3. The normalized spacial score (nSPS) is 19.8. The molecule has 0 aromatic carbocycles. The van der Waals surface area contributed by atoms with Gasteiger partial charge >= 0.3 is 0 Å². The Morgan fingerprint density at radius 2 is 1.88 bits per heavy atom. The molecule has 2 heterocycles. The van der Waals surface area contributed by atoms with Gasteiger partial charge in [0.05, 0.1) is 10.7 Å². The van der Waals surface area contributed by atoms with Crippen molar-refractivity contribution in [3.05, 3.63) is 16.1 Å². The van der Waals surface area contributed by atoms with Gasteiger partial charge in [-0.1, -0.05) is 0 Å². The molecule has 2 rings (SSSR count). The van der Waals surface area contributed by atoms with E-state index in [1.807, 2.05) is 0 Å². The second-order valence-corrected chi connectivity index (χ2v) is 6.85. The van der Waals surface area contributed by atoms with Gasteiger partial charge in [0.15, 0.2) is 0 Å². The number of thiazole rings is 1. The predicted octanol–water partition coefficient (Wildman–Crippen LogP) is 2.37. The molecule has 0 saturated carbocycles. The number of aromatic nitrogens is 1. The van der Waals surface area contributed by atoms with Crippen LogP contribution < -0.4 is 0 Å². The maximum absolute atomic E-state index is 4.54. The average Bonchev–Trinajstić information content (AvgIpc) is 2.63. The predicted molar refractivity (Wildman–Crippen MR) is 73.5 cm³/mol. The zero-order valence-corrected chi connectivity index (χ0v) is 12.2. The van der Waals surface area contributed by atoms with E-state index < -0.39 is 0 Å².